The van der Waals surface area contributed by atoms with Crippen LogP contribution >= 0.6 is 11.6 Å². The number of nitrogens with one attached hydrogen (secondary N) is 1. The van der Waals surface area contributed by atoms with Gasteiger partial charge in [-0.3, -0.25) is 0 Å². The molecule has 1 aromatic carbocycles. The highest BCUT2D eigenvalue weighted by Gasteiger charge is 2.14. The summed E-state index contributed by atoms with van der Waals surface area (Å²) in [6.07, 6.45) is 0. The summed E-state index contributed by atoms with van der Waals surface area (Å²) in [5.41, 5.74) is 1.70. The molecule has 1 heterocycles. The average molecular weight is 294 g/mol. The molecule has 0 bridgehead atoms. The number of hydrogen-bond donors (Lipinski definition) is 2. The van der Waals surface area contributed by atoms with Crippen LogP contribution in [-0.2, 0) is 6.54 Å². The van der Waals surface area contributed by atoms with Gasteiger partial charge in [-0.15, -0.1) is 0 Å². The first-order chi connectivity index (χ1) is 9.47. The lowest BCUT2D eigenvalue weighted by molar-refractivity contribution is 0.0659. The number of carbonyl (C=O) groups is 1. The first-order valence-electron chi connectivity index (χ1n) is 6.29. The van der Waals surface area contributed by atoms with E-state index in [0.717, 1.165) is 5.56 Å². The van der Waals surface area contributed by atoms with Crippen molar-refractivity contribution < 1.29 is 14.3 Å². The van der Waals surface area contributed by atoms with Gasteiger partial charge in [0.2, 0.25) is 5.76 Å². The molecule has 2 N–H and O–H groups in total. The fraction of sp³-hybridized carbons (Fsp3) is 0.267. The normalized spacial score (nSPS) is 12.3. The molecule has 4 nitrogen and oxygen atoms in total. The van der Waals surface area contributed by atoms with E-state index in [0.29, 0.717) is 22.9 Å². The molecule has 1 aromatic heterocycles. The topological polar surface area (TPSA) is 62.5 Å². The third-order valence-electron chi connectivity index (χ3n) is 3.09. The molecule has 0 saturated carbocycles. The van der Waals surface area contributed by atoms with Crippen molar-refractivity contribution in [3.8, 4) is 0 Å². The molecule has 106 valence electrons. The van der Waals surface area contributed by atoms with E-state index in [1.807, 2.05) is 31.2 Å². The van der Waals surface area contributed by atoms with Gasteiger partial charge in [0.05, 0.1) is 6.54 Å². The van der Waals surface area contributed by atoms with Crippen LogP contribution in [0.4, 0.5) is 0 Å². The Morgan fingerprint density at radius 1 is 1.45 bits per heavy atom. The van der Waals surface area contributed by atoms with E-state index in [1.54, 1.807) is 13.0 Å². The summed E-state index contributed by atoms with van der Waals surface area (Å²) in [4.78, 5) is 10.9. The van der Waals surface area contributed by atoms with Crippen molar-refractivity contribution in [3.63, 3.8) is 0 Å². The Bertz CT molecular complexity index is 621. The number of benzene rings is 1. The summed E-state index contributed by atoms with van der Waals surface area (Å²) in [5.74, 6) is -0.442. The Balaban J connectivity index is 2.01. The molecule has 20 heavy (non-hydrogen) atoms. The first-order valence-corrected chi connectivity index (χ1v) is 6.66. The van der Waals surface area contributed by atoms with E-state index < -0.39 is 5.97 Å². The van der Waals surface area contributed by atoms with Crippen molar-refractivity contribution in [2.24, 2.45) is 0 Å². The number of carboxylic acid groups (broad SMARTS) is 1. The highest BCUT2D eigenvalue weighted by atomic mass is 35.5. The fourth-order valence-electron chi connectivity index (χ4n) is 1.99. The SMILES string of the molecule is Cc1cc(CN[C@@H](C)c2cccc(Cl)c2)oc1C(=O)O. The van der Waals surface area contributed by atoms with Crippen molar-refractivity contribution in [1.82, 2.24) is 5.32 Å². The fourth-order valence-corrected chi connectivity index (χ4v) is 2.19. The van der Waals surface area contributed by atoms with E-state index in [-0.39, 0.29) is 11.8 Å². The van der Waals surface area contributed by atoms with Crippen molar-refractivity contribution in [2.45, 2.75) is 26.4 Å². The molecule has 0 spiro atoms. The molecular weight excluding hydrogens is 278 g/mol. The molecule has 1 atom stereocenters. The molecule has 0 unspecified atom stereocenters. The zero-order valence-corrected chi connectivity index (χ0v) is 12.1. The summed E-state index contributed by atoms with van der Waals surface area (Å²) in [6, 6.07) is 9.44. The Hall–Kier alpha value is -1.78. The Kier molecular flexibility index (Phi) is 4.47. The number of furan rings is 1. The van der Waals surface area contributed by atoms with Crippen LogP contribution in [0.25, 0.3) is 0 Å². The van der Waals surface area contributed by atoms with Crippen LogP contribution in [0.1, 0.15) is 40.4 Å². The van der Waals surface area contributed by atoms with E-state index in [9.17, 15) is 4.79 Å². The highest BCUT2D eigenvalue weighted by Crippen LogP contribution is 2.19. The Morgan fingerprint density at radius 3 is 2.80 bits per heavy atom. The van der Waals surface area contributed by atoms with Crippen molar-refractivity contribution in [2.75, 3.05) is 0 Å². The maximum atomic E-state index is 10.9. The second-order valence-electron chi connectivity index (χ2n) is 4.69. The minimum Gasteiger partial charge on any atom is -0.475 e. The zero-order chi connectivity index (χ0) is 14.7. The third-order valence-corrected chi connectivity index (χ3v) is 3.33. The van der Waals surface area contributed by atoms with Crippen LogP contribution in [-0.4, -0.2) is 11.1 Å². The van der Waals surface area contributed by atoms with E-state index in [4.69, 9.17) is 21.1 Å². The monoisotopic (exact) mass is 293 g/mol. The second kappa shape index (κ2) is 6.11. The lowest BCUT2D eigenvalue weighted by Crippen LogP contribution is -2.17. The quantitative estimate of drug-likeness (QED) is 0.880. The second-order valence-corrected chi connectivity index (χ2v) is 5.12. The van der Waals surface area contributed by atoms with Gasteiger partial charge in [-0.25, -0.2) is 4.79 Å². The van der Waals surface area contributed by atoms with E-state index >= 15 is 0 Å². The minimum atomic E-state index is -1.04. The summed E-state index contributed by atoms with van der Waals surface area (Å²) in [5, 5.41) is 12.9. The predicted octanol–water partition coefficient (Wildman–Crippen LogP) is 3.79. The van der Waals surface area contributed by atoms with Crippen LogP contribution < -0.4 is 5.32 Å². The van der Waals surface area contributed by atoms with Crippen LogP contribution in [0.2, 0.25) is 5.02 Å². The van der Waals surface area contributed by atoms with Gasteiger partial charge in [0.25, 0.3) is 0 Å². The van der Waals surface area contributed by atoms with Crippen LogP contribution in [0.15, 0.2) is 34.7 Å². The largest absolute Gasteiger partial charge is 0.475 e. The number of hydrogen-bond acceptors (Lipinski definition) is 3. The summed E-state index contributed by atoms with van der Waals surface area (Å²) < 4.78 is 5.30. The van der Waals surface area contributed by atoms with Gasteiger partial charge in [0, 0.05) is 16.6 Å². The number of halogens is 1. The minimum absolute atomic E-state index is 0.00258. The van der Waals surface area contributed by atoms with Gasteiger partial charge >= 0.3 is 5.97 Å². The lowest BCUT2D eigenvalue weighted by atomic mass is 10.1. The highest BCUT2D eigenvalue weighted by molar-refractivity contribution is 6.30. The van der Waals surface area contributed by atoms with Gasteiger partial charge in [-0.1, -0.05) is 23.7 Å². The van der Waals surface area contributed by atoms with Gasteiger partial charge in [-0.2, -0.15) is 0 Å². The summed E-state index contributed by atoms with van der Waals surface area (Å²) in [7, 11) is 0. The molecule has 0 amide bonds. The average Bonchev–Trinajstić information content (AvgIpc) is 2.77. The van der Waals surface area contributed by atoms with Gasteiger partial charge in [0.1, 0.15) is 5.76 Å². The molecule has 0 aliphatic rings. The smallest absolute Gasteiger partial charge is 0.372 e. The molecular formula is C15H16ClNO3. The third kappa shape index (κ3) is 3.40. The molecule has 2 rings (SSSR count). The molecule has 0 aliphatic heterocycles. The maximum absolute atomic E-state index is 10.9. The van der Waals surface area contributed by atoms with Gasteiger partial charge < -0.3 is 14.8 Å². The zero-order valence-electron chi connectivity index (χ0n) is 11.3. The summed E-state index contributed by atoms with van der Waals surface area (Å²) in [6.45, 7) is 4.19. The number of aryl methyl sites for hydroxylation is 1. The number of carboxylic acids is 1. The number of rotatable bonds is 5. The molecule has 0 saturated heterocycles. The van der Waals surface area contributed by atoms with E-state index in [1.165, 1.54) is 0 Å². The molecule has 0 aliphatic carbocycles. The van der Waals surface area contributed by atoms with Crippen molar-refractivity contribution >= 4 is 17.6 Å². The van der Waals surface area contributed by atoms with Gasteiger partial charge in [0.15, 0.2) is 0 Å². The van der Waals surface area contributed by atoms with Crippen LogP contribution in [0.3, 0.4) is 0 Å². The molecule has 0 fully saturated rings. The summed E-state index contributed by atoms with van der Waals surface area (Å²) >= 11 is 5.95. The number of aromatic carboxylic acids is 1. The predicted molar refractivity (Wildman–Crippen MR) is 77.1 cm³/mol. The molecule has 0 radical (unpaired) electrons. The molecule has 5 heteroatoms. The van der Waals surface area contributed by atoms with Gasteiger partial charge in [-0.05, 0) is 37.6 Å². The maximum Gasteiger partial charge on any atom is 0.372 e. The van der Waals surface area contributed by atoms with Crippen molar-refractivity contribution in [3.05, 3.63) is 58.0 Å². The molecule has 2 aromatic rings. The Morgan fingerprint density at radius 2 is 2.20 bits per heavy atom. The standard InChI is InChI=1S/C15H16ClNO3/c1-9-6-13(20-14(9)15(18)19)8-17-10(2)11-4-3-5-12(16)7-11/h3-7,10,17H,8H2,1-2H3,(H,18,19)/t10-/m0/s1. The van der Waals surface area contributed by atoms with Crippen LogP contribution in [0, 0.1) is 6.92 Å². The van der Waals surface area contributed by atoms with E-state index in [2.05, 4.69) is 5.32 Å². The first kappa shape index (κ1) is 14.6. The Labute approximate surface area is 122 Å². The van der Waals surface area contributed by atoms with Crippen molar-refractivity contribution in [1.29, 1.82) is 0 Å². The van der Waals surface area contributed by atoms with Crippen LogP contribution in [0.5, 0.6) is 0 Å². The lowest BCUT2D eigenvalue weighted by Gasteiger charge is -2.13.